The zero-order chi connectivity index (χ0) is 13.4. The third kappa shape index (κ3) is 6.65. The first kappa shape index (κ1) is 15.8. The molecule has 0 aromatic carbocycles. The predicted octanol–water partition coefficient (Wildman–Crippen LogP) is 0.107. The van der Waals surface area contributed by atoms with Crippen LogP contribution in [0.1, 0.15) is 39.0 Å². The van der Waals surface area contributed by atoms with Crippen LogP contribution in [-0.4, -0.2) is 40.3 Å². The maximum Gasteiger partial charge on any atom is 0.276 e. The van der Waals surface area contributed by atoms with Crippen molar-refractivity contribution >= 4 is 10.2 Å². The first-order valence-corrected chi connectivity index (χ1v) is 8.13. The summed E-state index contributed by atoms with van der Waals surface area (Å²) in [5.41, 5.74) is 5.80. The number of nitrogens with two attached hydrogens (primary N) is 1. The third-order valence-corrected chi connectivity index (χ3v) is 4.18. The molecule has 1 fully saturated rings. The van der Waals surface area contributed by atoms with Gasteiger partial charge in [0.15, 0.2) is 0 Å². The Hall–Kier alpha value is -0.210. The summed E-state index contributed by atoms with van der Waals surface area (Å²) in [6.07, 6.45) is 4.95. The van der Waals surface area contributed by atoms with Gasteiger partial charge in [-0.15, -0.1) is 0 Å². The minimum atomic E-state index is -3.36. The molecule has 0 aromatic heterocycles. The molecule has 108 valence electrons. The van der Waals surface area contributed by atoms with E-state index in [1.54, 1.807) is 0 Å². The average Bonchev–Trinajstić information content (AvgIpc) is 2.34. The van der Waals surface area contributed by atoms with E-state index in [9.17, 15) is 8.42 Å². The van der Waals surface area contributed by atoms with Crippen LogP contribution in [0.15, 0.2) is 0 Å². The Morgan fingerprint density at radius 2 is 1.78 bits per heavy atom. The first-order valence-electron chi connectivity index (χ1n) is 6.65. The van der Waals surface area contributed by atoms with Crippen LogP contribution in [0.25, 0.3) is 0 Å². The van der Waals surface area contributed by atoms with Gasteiger partial charge in [0.1, 0.15) is 0 Å². The number of rotatable bonds is 8. The summed E-state index contributed by atoms with van der Waals surface area (Å²) in [5, 5.41) is 0. The Bertz CT molecular complexity index is 313. The minimum absolute atomic E-state index is 0.234. The molecular formula is C11H25N3O3S. The molecule has 0 heterocycles. The lowest BCUT2D eigenvalue weighted by molar-refractivity contribution is 0.0287. The minimum Gasteiger partial charge on any atom is -0.377 e. The quantitative estimate of drug-likeness (QED) is 0.550. The van der Waals surface area contributed by atoms with E-state index in [0.29, 0.717) is 25.7 Å². The highest BCUT2D eigenvalue weighted by Gasteiger charge is 2.18. The Morgan fingerprint density at radius 3 is 2.39 bits per heavy atom. The van der Waals surface area contributed by atoms with Crippen LogP contribution >= 0.6 is 0 Å². The molecular weight excluding hydrogens is 254 g/mol. The standard InChI is InChI=1S/C11H25N3O3S/c1-2-7-13-18(15,16)14-8-9-17-11-5-3-10(12)4-6-11/h10-11,13-14H,2-9,12H2,1H3. The van der Waals surface area contributed by atoms with Crippen molar-refractivity contribution in [2.45, 2.75) is 51.2 Å². The molecule has 0 spiro atoms. The van der Waals surface area contributed by atoms with E-state index >= 15 is 0 Å². The van der Waals surface area contributed by atoms with Crippen molar-refractivity contribution < 1.29 is 13.2 Å². The molecule has 0 unspecified atom stereocenters. The van der Waals surface area contributed by atoms with E-state index in [4.69, 9.17) is 10.5 Å². The Balaban J connectivity index is 2.07. The lowest BCUT2D eigenvalue weighted by atomic mass is 9.94. The fourth-order valence-corrected chi connectivity index (χ4v) is 2.87. The van der Waals surface area contributed by atoms with Crippen LogP contribution in [0.2, 0.25) is 0 Å². The largest absolute Gasteiger partial charge is 0.377 e. The summed E-state index contributed by atoms with van der Waals surface area (Å²) in [6.45, 7) is 3.09. The molecule has 1 aliphatic carbocycles. The fourth-order valence-electron chi connectivity index (χ4n) is 1.94. The number of hydrogen-bond donors (Lipinski definition) is 3. The van der Waals surface area contributed by atoms with Crippen LogP contribution in [0.4, 0.5) is 0 Å². The van der Waals surface area contributed by atoms with E-state index in [0.717, 1.165) is 32.1 Å². The lowest BCUT2D eigenvalue weighted by Crippen LogP contribution is -2.39. The molecule has 1 aliphatic rings. The number of hydrogen-bond acceptors (Lipinski definition) is 4. The van der Waals surface area contributed by atoms with Crippen molar-refractivity contribution in [3.8, 4) is 0 Å². The molecule has 0 atom stereocenters. The molecule has 1 saturated carbocycles. The summed E-state index contributed by atoms with van der Waals surface area (Å²) in [6, 6.07) is 0.307. The summed E-state index contributed by atoms with van der Waals surface area (Å²) in [4.78, 5) is 0. The SMILES string of the molecule is CCCNS(=O)(=O)NCCOC1CCC(N)CC1. The molecule has 4 N–H and O–H groups in total. The highest BCUT2D eigenvalue weighted by molar-refractivity contribution is 7.87. The van der Waals surface area contributed by atoms with Gasteiger partial charge in [-0.2, -0.15) is 13.1 Å². The van der Waals surface area contributed by atoms with E-state index in [1.807, 2.05) is 6.92 Å². The van der Waals surface area contributed by atoms with E-state index in [2.05, 4.69) is 9.44 Å². The van der Waals surface area contributed by atoms with Crippen molar-refractivity contribution in [2.24, 2.45) is 5.73 Å². The van der Waals surface area contributed by atoms with E-state index in [1.165, 1.54) is 0 Å². The van der Waals surface area contributed by atoms with E-state index in [-0.39, 0.29) is 6.10 Å². The van der Waals surface area contributed by atoms with Gasteiger partial charge in [-0.3, -0.25) is 0 Å². The first-order chi connectivity index (χ1) is 8.53. The van der Waals surface area contributed by atoms with Gasteiger partial charge in [0.25, 0.3) is 10.2 Å². The Morgan fingerprint density at radius 1 is 1.17 bits per heavy atom. The third-order valence-electron chi connectivity index (χ3n) is 3.01. The smallest absolute Gasteiger partial charge is 0.276 e. The normalized spacial score (nSPS) is 25.2. The van der Waals surface area contributed by atoms with Crippen molar-refractivity contribution in [3.63, 3.8) is 0 Å². The van der Waals surface area contributed by atoms with Crippen molar-refractivity contribution in [1.29, 1.82) is 0 Å². The van der Waals surface area contributed by atoms with Gasteiger partial charge in [-0.1, -0.05) is 6.92 Å². The Labute approximate surface area is 110 Å². The highest BCUT2D eigenvalue weighted by Crippen LogP contribution is 2.19. The average molecular weight is 279 g/mol. The molecule has 7 heteroatoms. The lowest BCUT2D eigenvalue weighted by Gasteiger charge is -2.26. The van der Waals surface area contributed by atoms with E-state index < -0.39 is 10.2 Å². The summed E-state index contributed by atoms with van der Waals surface area (Å²) in [5.74, 6) is 0. The van der Waals surface area contributed by atoms with Crippen molar-refractivity contribution in [3.05, 3.63) is 0 Å². The number of nitrogens with one attached hydrogen (secondary N) is 2. The molecule has 0 saturated heterocycles. The summed E-state index contributed by atoms with van der Waals surface area (Å²) in [7, 11) is -3.36. The van der Waals surface area contributed by atoms with Crippen LogP contribution in [-0.2, 0) is 14.9 Å². The van der Waals surface area contributed by atoms with Gasteiger partial charge < -0.3 is 10.5 Å². The maximum atomic E-state index is 11.4. The van der Waals surface area contributed by atoms with Gasteiger partial charge in [-0.25, -0.2) is 4.72 Å². The monoisotopic (exact) mass is 279 g/mol. The van der Waals surface area contributed by atoms with Crippen LogP contribution in [0.3, 0.4) is 0 Å². The molecule has 0 amide bonds. The van der Waals surface area contributed by atoms with Gasteiger partial charge in [0.2, 0.25) is 0 Å². The van der Waals surface area contributed by atoms with Gasteiger partial charge in [-0.05, 0) is 32.1 Å². The van der Waals surface area contributed by atoms with Crippen molar-refractivity contribution in [2.75, 3.05) is 19.7 Å². The fraction of sp³-hybridized carbons (Fsp3) is 1.00. The summed E-state index contributed by atoms with van der Waals surface area (Å²) < 4.78 is 33.3. The van der Waals surface area contributed by atoms with Gasteiger partial charge in [0, 0.05) is 19.1 Å². The predicted molar refractivity (Wildman–Crippen MR) is 71.4 cm³/mol. The topological polar surface area (TPSA) is 93.5 Å². The van der Waals surface area contributed by atoms with Gasteiger partial charge >= 0.3 is 0 Å². The highest BCUT2D eigenvalue weighted by atomic mass is 32.2. The molecule has 0 aromatic rings. The maximum absolute atomic E-state index is 11.4. The second kappa shape index (κ2) is 8.06. The Kier molecular flexibility index (Phi) is 7.10. The number of ether oxygens (including phenoxy) is 1. The van der Waals surface area contributed by atoms with Crippen molar-refractivity contribution in [1.82, 2.24) is 9.44 Å². The van der Waals surface area contributed by atoms with Crippen LogP contribution in [0.5, 0.6) is 0 Å². The van der Waals surface area contributed by atoms with Crippen LogP contribution < -0.4 is 15.2 Å². The second-order valence-electron chi connectivity index (χ2n) is 4.70. The molecule has 1 rings (SSSR count). The zero-order valence-corrected chi connectivity index (χ0v) is 11.8. The molecule has 0 bridgehead atoms. The molecule has 0 radical (unpaired) electrons. The second-order valence-corrected chi connectivity index (χ2v) is 6.28. The summed E-state index contributed by atoms with van der Waals surface area (Å²) >= 11 is 0. The zero-order valence-electron chi connectivity index (χ0n) is 11.0. The molecule has 18 heavy (non-hydrogen) atoms. The molecule has 6 nitrogen and oxygen atoms in total. The molecule has 0 aliphatic heterocycles. The van der Waals surface area contributed by atoms with Crippen LogP contribution in [0, 0.1) is 0 Å². The van der Waals surface area contributed by atoms with Gasteiger partial charge in [0.05, 0.1) is 12.7 Å².